The maximum Gasteiger partial charge on any atom is 0.335 e. The molecule has 1 saturated heterocycles. The van der Waals surface area contributed by atoms with Crippen molar-refractivity contribution >= 4 is 11.9 Å². The van der Waals surface area contributed by atoms with Gasteiger partial charge in [-0.1, -0.05) is 18.2 Å². The molecule has 1 heterocycles. The third-order valence-electron chi connectivity index (χ3n) is 3.64. The van der Waals surface area contributed by atoms with Crippen molar-refractivity contribution in [3.63, 3.8) is 0 Å². The summed E-state index contributed by atoms with van der Waals surface area (Å²) in [7, 11) is 1.65. The molecule has 1 aromatic rings. The minimum atomic E-state index is -1.01. The number of hydrogen-bond donors (Lipinski definition) is 1. The summed E-state index contributed by atoms with van der Waals surface area (Å²) in [5, 5.41) is 9.12. The van der Waals surface area contributed by atoms with Crippen molar-refractivity contribution < 1.29 is 24.2 Å². The Kier molecular flexibility index (Phi) is 5.91. The van der Waals surface area contributed by atoms with E-state index in [9.17, 15) is 9.59 Å². The largest absolute Gasteiger partial charge is 0.478 e. The number of amides is 1. The van der Waals surface area contributed by atoms with Crippen LogP contribution in [0.25, 0.3) is 0 Å². The Balaban J connectivity index is 1.77. The molecule has 0 saturated carbocycles. The number of methoxy groups -OCH3 is 1. The van der Waals surface area contributed by atoms with Gasteiger partial charge in [0.05, 0.1) is 18.1 Å². The van der Waals surface area contributed by atoms with Crippen molar-refractivity contribution in [1.29, 1.82) is 0 Å². The fraction of sp³-hybridized carbons (Fsp3) is 0.500. The molecular weight excluding hydrogens is 286 g/mol. The summed E-state index contributed by atoms with van der Waals surface area (Å²) in [6.07, 6.45) is 1.03. The van der Waals surface area contributed by atoms with Gasteiger partial charge in [0, 0.05) is 33.4 Å². The van der Waals surface area contributed by atoms with Crippen molar-refractivity contribution in [2.24, 2.45) is 0 Å². The zero-order valence-corrected chi connectivity index (χ0v) is 12.7. The highest BCUT2D eigenvalue weighted by Gasteiger charge is 2.31. The molecule has 2 rings (SSSR count). The van der Waals surface area contributed by atoms with Crippen LogP contribution in [0.5, 0.6) is 0 Å². The molecule has 6 heteroatoms. The van der Waals surface area contributed by atoms with E-state index in [4.69, 9.17) is 14.6 Å². The number of hydrogen-bond acceptors (Lipinski definition) is 4. The van der Waals surface area contributed by atoms with Gasteiger partial charge in [-0.25, -0.2) is 4.79 Å². The summed E-state index contributed by atoms with van der Waals surface area (Å²) in [5.41, 5.74) is 0.730. The zero-order valence-electron chi connectivity index (χ0n) is 12.7. The van der Waals surface area contributed by atoms with Crippen LogP contribution in [0, 0.1) is 0 Å². The number of benzene rings is 1. The van der Waals surface area contributed by atoms with E-state index in [1.807, 2.05) is 0 Å². The lowest BCUT2D eigenvalue weighted by atomic mass is 10.0. The second kappa shape index (κ2) is 7.91. The minimum absolute atomic E-state index is 0.0644. The van der Waals surface area contributed by atoms with E-state index in [0.29, 0.717) is 31.9 Å². The van der Waals surface area contributed by atoms with Gasteiger partial charge >= 0.3 is 5.97 Å². The van der Waals surface area contributed by atoms with Crippen LogP contribution in [0.4, 0.5) is 0 Å². The Labute approximate surface area is 129 Å². The first-order valence-electron chi connectivity index (χ1n) is 7.31. The summed E-state index contributed by atoms with van der Waals surface area (Å²) in [5.74, 6) is -1.07. The number of carboxylic acids is 1. The molecule has 1 fully saturated rings. The first-order valence-corrected chi connectivity index (χ1v) is 7.31. The third kappa shape index (κ3) is 4.29. The molecular formula is C16H21NO5. The lowest BCUT2D eigenvalue weighted by Gasteiger charge is -2.39. The number of rotatable bonds is 8. The summed E-state index contributed by atoms with van der Waals surface area (Å²) < 4.78 is 10.5. The van der Waals surface area contributed by atoms with Gasteiger partial charge in [-0.05, 0) is 18.1 Å². The number of carbonyl (C=O) groups is 2. The van der Waals surface area contributed by atoms with Gasteiger partial charge in [0.1, 0.15) is 0 Å². The van der Waals surface area contributed by atoms with E-state index < -0.39 is 5.97 Å². The molecule has 0 aromatic heterocycles. The van der Waals surface area contributed by atoms with E-state index in [2.05, 4.69) is 0 Å². The van der Waals surface area contributed by atoms with Gasteiger partial charge in [-0.2, -0.15) is 0 Å². The standard InChI is InChI=1S/C16H21NO5/c1-21-7-4-8-22-13-10-17(11-13)15(18)9-12-5-2-3-6-14(12)16(19)20/h2-3,5-6,13H,4,7-11H2,1H3,(H,19,20). The minimum Gasteiger partial charge on any atom is -0.478 e. The maximum atomic E-state index is 12.1. The van der Waals surface area contributed by atoms with Crippen LogP contribution in [0.15, 0.2) is 24.3 Å². The molecule has 1 amide bonds. The topological polar surface area (TPSA) is 76.1 Å². The molecule has 0 spiro atoms. The summed E-state index contributed by atoms with van der Waals surface area (Å²) in [6, 6.07) is 6.60. The normalized spacial score (nSPS) is 14.7. The number of aromatic carboxylic acids is 1. The number of ether oxygens (including phenoxy) is 2. The van der Waals surface area contributed by atoms with E-state index >= 15 is 0 Å². The van der Waals surface area contributed by atoms with Gasteiger partial charge in [0.2, 0.25) is 5.91 Å². The SMILES string of the molecule is COCCCOC1CN(C(=O)Cc2ccccc2C(=O)O)C1. The first-order chi connectivity index (χ1) is 10.6. The highest BCUT2D eigenvalue weighted by atomic mass is 16.5. The number of nitrogens with zero attached hydrogens (tertiary/aromatic N) is 1. The van der Waals surface area contributed by atoms with Gasteiger partial charge < -0.3 is 19.5 Å². The predicted molar refractivity (Wildman–Crippen MR) is 79.9 cm³/mol. The van der Waals surface area contributed by atoms with Crippen LogP contribution in [0.3, 0.4) is 0 Å². The van der Waals surface area contributed by atoms with Crippen LogP contribution in [-0.4, -0.2) is 61.4 Å². The lowest BCUT2D eigenvalue weighted by Crippen LogP contribution is -2.55. The van der Waals surface area contributed by atoms with Crippen LogP contribution < -0.4 is 0 Å². The van der Waals surface area contributed by atoms with Gasteiger partial charge in [0.25, 0.3) is 0 Å². The second-order valence-electron chi connectivity index (χ2n) is 5.28. The molecule has 6 nitrogen and oxygen atoms in total. The molecule has 0 aliphatic carbocycles. The molecule has 1 aliphatic rings. The molecule has 0 radical (unpaired) electrons. The average Bonchev–Trinajstić information content (AvgIpc) is 2.45. The Morgan fingerprint density at radius 1 is 1.27 bits per heavy atom. The average molecular weight is 307 g/mol. The fourth-order valence-corrected chi connectivity index (χ4v) is 2.36. The van der Waals surface area contributed by atoms with Gasteiger partial charge in [0.15, 0.2) is 0 Å². The highest BCUT2D eigenvalue weighted by Crippen LogP contribution is 2.16. The molecule has 1 aliphatic heterocycles. The molecule has 22 heavy (non-hydrogen) atoms. The van der Waals surface area contributed by atoms with Gasteiger partial charge in [-0.3, -0.25) is 4.79 Å². The monoisotopic (exact) mass is 307 g/mol. The maximum absolute atomic E-state index is 12.1. The number of carboxylic acid groups (broad SMARTS) is 1. The van der Waals surface area contributed by atoms with E-state index in [-0.39, 0.29) is 24.0 Å². The third-order valence-corrected chi connectivity index (χ3v) is 3.64. The smallest absolute Gasteiger partial charge is 0.335 e. The quantitative estimate of drug-likeness (QED) is 0.730. The van der Waals surface area contributed by atoms with Crippen molar-refractivity contribution in [2.45, 2.75) is 18.9 Å². The summed E-state index contributed by atoms with van der Waals surface area (Å²) in [4.78, 5) is 25.0. The number of likely N-dealkylation sites (tertiary alicyclic amines) is 1. The molecule has 1 N–H and O–H groups in total. The summed E-state index contributed by atoms with van der Waals surface area (Å²) >= 11 is 0. The van der Waals surface area contributed by atoms with Crippen molar-refractivity contribution in [3.8, 4) is 0 Å². The highest BCUT2D eigenvalue weighted by molar-refractivity contribution is 5.91. The summed E-state index contributed by atoms with van der Waals surface area (Å²) in [6.45, 7) is 2.44. The molecule has 0 unspecified atom stereocenters. The first kappa shape index (κ1) is 16.5. The molecule has 0 atom stereocenters. The van der Waals surface area contributed by atoms with Gasteiger partial charge in [-0.15, -0.1) is 0 Å². The van der Waals surface area contributed by atoms with E-state index in [1.165, 1.54) is 6.07 Å². The number of carbonyl (C=O) groups excluding carboxylic acids is 1. The van der Waals surface area contributed by atoms with Crippen LogP contribution in [0.1, 0.15) is 22.3 Å². The van der Waals surface area contributed by atoms with Crippen molar-refractivity contribution in [3.05, 3.63) is 35.4 Å². The molecule has 0 bridgehead atoms. The Morgan fingerprint density at radius 3 is 2.68 bits per heavy atom. The molecule has 120 valence electrons. The Morgan fingerprint density at radius 2 is 2.00 bits per heavy atom. The predicted octanol–water partition coefficient (Wildman–Crippen LogP) is 1.19. The van der Waals surface area contributed by atoms with Crippen molar-refractivity contribution in [1.82, 2.24) is 4.90 Å². The van der Waals surface area contributed by atoms with Crippen LogP contribution >= 0.6 is 0 Å². The molecule has 1 aromatic carbocycles. The second-order valence-corrected chi connectivity index (χ2v) is 5.28. The van der Waals surface area contributed by atoms with E-state index in [1.54, 1.807) is 30.2 Å². The lowest BCUT2D eigenvalue weighted by molar-refractivity contribution is -0.144. The van der Waals surface area contributed by atoms with Crippen LogP contribution in [0.2, 0.25) is 0 Å². The van der Waals surface area contributed by atoms with E-state index in [0.717, 1.165) is 6.42 Å². The Bertz CT molecular complexity index is 525. The fourth-order valence-electron chi connectivity index (χ4n) is 2.36. The van der Waals surface area contributed by atoms with Crippen molar-refractivity contribution in [2.75, 3.05) is 33.4 Å². The Hall–Kier alpha value is -1.92. The van der Waals surface area contributed by atoms with Crippen LogP contribution in [-0.2, 0) is 20.7 Å². The zero-order chi connectivity index (χ0) is 15.9.